The molecule has 0 aliphatic carbocycles. The molecule has 4 aromatic heterocycles. The number of nitrogen functional groups attached to an aromatic ring is 1. The van der Waals surface area contributed by atoms with Crippen molar-refractivity contribution in [1.29, 1.82) is 0 Å². The quantitative estimate of drug-likeness (QED) is 0.358. The average Bonchev–Trinajstić information content (AvgIpc) is 3.80. The Balaban J connectivity index is 0.000000142. The predicted molar refractivity (Wildman–Crippen MR) is 159 cm³/mol. The molecule has 0 radical (unpaired) electrons. The van der Waals surface area contributed by atoms with Gasteiger partial charge in [-0.25, -0.2) is 19.0 Å². The van der Waals surface area contributed by atoms with Crippen LogP contribution in [0, 0.1) is 6.92 Å². The second kappa shape index (κ2) is 10.7. The molecule has 2 N–H and O–H groups in total. The number of ether oxygens (including phenoxy) is 6. The average molecular weight is 608 g/mol. The van der Waals surface area contributed by atoms with Gasteiger partial charge >= 0.3 is 0 Å². The lowest BCUT2D eigenvalue weighted by Crippen LogP contribution is -2.28. The maximum Gasteiger partial charge on any atom is 0.164 e. The first kappa shape index (κ1) is 29.5. The van der Waals surface area contributed by atoms with Crippen LogP contribution in [0.25, 0.3) is 11.0 Å². The molecule has 0 saturated carbocycles. The van der Waals surface area contributed by atoms with E-state index in [1.54, 1.807) is 10.8 Å². The molecular weight excluding hydrogens is 566 g/mol. The second-order valence-electron chi connectivity index (χ2n) is 12.7. The monoisotopic (exact) mass is 607 g/mol. The van der Waals surface area contributed by atoms with Crippen molar-refractivity contribution >= 4 is 16.9 Å². The van der Waals surface area contributed by atoms with Crippen molar-refractivity contribution in [3.63, 3.8) is 0 Å². The molecule has 4 saturated heterocycles. The zero-order valence-corrected chi connectivity index (χ0v) is 26.2. The van der Waals surface area contributed by atoms with E-state index in [0.717, 1.165) is 41.0 Å². The van der Waals surface area contributed by atoms with Gasteiger partial charge in [0.2, 0.25) is 0 Å². The molecule has 13 heteroatoms. The number of hydrogen-bond acceptors (Lipinski definition) is 11. The number of anilines is 1. The fourth-order valence-corrected chi connectivity index (χ4v) is 6.98. The topological polar surface area (TPSA) is 142 Å². The number of rotatable bonds is 4. The van der Waals surface area contributed by atoms with Crippen LogP contribution in [0.4, 0.5) is 5.82 Å². The molecule has 0 bridgehead atoms. The summed E-state index contributed by atoms with van der Waals surface area (Å²) in [7, 11) is 0. The van der Waals surface area contributed by atoms with E-state index in [0.29, 0.717) is 5.82 Å². The number of nitrogens with two attached hydrogens (primary N) is 1. The smallest absolute Gasteiger partial charge is 0.164 e. The SMILES string of the molecule is CC[C@H]1O[C@@H](c2ccc3c(C)ncnn23)[C@@H]2OC(C)(C)O[C@@H]21.CC[C@H]1O[C@@H](c2ccc3c(N)ncnn23)[C@@H]2OC(C)(C)O[C@@H]21. The molecule has 44 heavy (non-hydrogen) atoms. The second-order valence-corrected chi connectivity index (χ2v) is 12.7. The van der Waals surface area contributed by atoms with Crippen molar-refractivity contribution in [3.05, 3.63) is 54.0 Å². The van der Waals surface area contributed by atoms with Gasteiger partial charge in [0, 0.05) is 0 Å². The predicted octanol–water partition coefficient (Wildman–Crippen LogP) is 4.09. The Morgan fingerprint density at radius 3 is 1.66 bits per heavy atom. The summed E-state index contributed by atoms with van der Waals surface area (Å²) < 4.78 is 40.4. The van der Waals surface area contributed by atoms with Gasteiger partial charge in [-0.05, 0) is 71.7 Å². The van der Waals surface area contributed by atoms with E-state index in [9.17, 15) is 0 Å². The summed E-state index contributed by atoms with van der Waals surface area (Å²) in [5.41, 5.74) is 10.5. The number of hydrogen-bond donors (Lipinski definition) is 1. The highest BCUT2D eigenvalue weighted by Crippen LogP contribution is 2.47. The van der Waals surface area contributed by atoms with Gasteiger partial charge in [-0.3, -0.25) is 0 Å². The molecule has 0 unspecified atom stereocenters. The van der Waals surface area contributed by atoms with Crippen LogP contribution in [0.5, 0.6) is 0 Å². The van der Waals surface area contributed by atoms with E-state index in [1.807, 2.05) is 63.4 Å². The van der Waals surface area contributed by atoms with Gasteiger partial charge in [-0.1, -0.05) is 13.8 Å². The highest BCUT2D eigenvalue weighted by Gasteiger charge is 2.56. The van der Waals surface area contributed by atoms with Crippen LogP contribution >= 0.6 is 0 Å². The lowest BCUT2D eigenvalue weighted by Gasteiger charge is -2.23. The van der Waals surface area contributed by atoms with Gasteiger partial charge in [0.05, 0.1) is 34.8 Å². The van der Waals surface area contributed by atoms with Crippen LogP contribution < -0.4 is 5.73 Å². The van der Waals surface area contributed by atoms with Crippen molar-refractivity contribution in [2.24, 2.45) is 0 Å². The highest BCUT2D eigenvalue weighted by molar-refractivity contribution is 5.65. The summed E-state index contributed by atoms with van der Waals surface area (Å²) in [6.45, 7) is 14.0. The van der Waals surface area contributed by atoms with Crippen LogP contribution in [0.15, 0.2) is 36.9 Å². The molecule has 13 nitrogen and oxygen atoms in total. The fraction of sp³-hybridized carbons (Fsp3) is 0.613. The third-order valence-electron chi connectivity index (χ3n) is 8.87. The lowest BCUT2D eigenvalue weighted by molar-refractivity contribution is -0.188. The number of aryl methyl sites for hydroxylation is 1. The third-order valence-corrected chi connectivity index (χ3v) is 8.87. The molecule has 8 heterocycles. The molecule has 0 spiro atoms. The van der Waals surface area contributed by atoms with Crippen LogP contribution in [-0.4, -0.2) is 77.4 Å². The maximum atomic E-state index is 6.23. The highest BCUT2D eigenvalue weighted by atomic mass is 16.8. The summed E-state index contributed by atoms with van der Waals surface area (Å²) in [4.78, 5) is 8.26. The molecule has 4 aliphatic heterocycles. The summed E-state index contributed by atoms with van der Waals surface area (Å²) in [6.07, 6.45) is 4.12. The fourth-order valence-electron chi connectivity index (χ4n) is 6.98. The van der Waals surface area contributed by atoms with E-state index in [-0.39, 0.29) is 48.8 Å². The van der Waals surface area contributed by atoms with E-state index in [4.69, 9.17) is 34.2 Å². The molecule has 8 atom stereocenters. The summed E-state index contributed by atoms with van der Waals surface area (Å²) in [5.74, 6) is -0.707. The number of aromatic nitrogens is 6. The minimum absolute atomic E-state index is 0.0153. The Morgan fingerprint density at radius 1 is 0.682 bits per heavy atom. The Hall–Kier alpha value is -3.20. The van der Waals surface area contributed by atoms with E-state index in [2.05, 4.69) is 34.0 Å². The Bertz CT molecular complexity index is 1550. The molecule has 0 aromatic carbocycles. The zero-order valence-electron chi connectivity index (χ0n) is 26.2. The van der Waals surface area contributed by atoms with Gasteiger partial charge in [-0.2, -0.15) is 10.2 Å². The van der Waals surface area contributed by atoms with E-state index >= 15 is 0 Å². The molecule has 4 aliphatic rings. The van der Waals surface area contributed by atoms with Crippen molar-refractivity contribution in [2.75, 3.05) is 5.73 Å². The summed E-state index contributed by atoms with van der Waals surface area (Å²) >= 11 is 0. The number of nitrogens with zero attached hydrogens (tertiary/aromatic N) is 6. The first-order valence-corrected chi connectivity index (χ1v) is 15.4. The summed E-state index contributed by atoms with van der Waals surface area (Å²) in [5, 5.41) is 8.67. The van der Waals surface area contributed by atoms with Crippen molar-refractivity contribution in [1.82, 2.24) is 29.2 Å². The lowest BCUT2D eigenvalue weighted by atomic mass is 10.0. The zero-order chi connectivity index (χ0) is 31.0. The molecular formula is C31H41N7O6. The van der Waals surface area contributed by atoms with Gasteiger partial charge in [0.25, 0.3) is 0 Å². The van der Waals surface area contributed by atoms with Gasteiger partial charge in [0.1, 0.15) is 54.8 Å². The van der Waals surface area contributed by atoms with Crippen molar-refractivity contribution in [3.8, 4) is 0 Å². The molecule has 4 fully saturated rings. The van der Waals surface area contributed by atoms with Gasteiger partial charge in [0.15, 0.2) is 17.4 Å². The van der Waals surface area contributed by atoms with E-state index < -0.39 is 11.6 Å². The molecule has 8 rings (SSSR count). The molecule has 0 amide bonds. The minimum atomic E-state index is -0.591. The van der Waals surface area contributed by atoms with Crippen LogP contribution in [0.2, 0.25) is 0 Å². The first-order valence-electron chi connectivity index (χ1n) is 15.4. The van der Waals surface area contributed by atoms with Gasteiger partial charge < -0.3 is 34.2 Å². The van der Waals surface area contributed by atoms with Crippen LogP contribution in [-0.2, 0) is 28.4 Å². The normalized spacial score (nSPS) is 33.4. The Morgan fingerprint density at radius 2 is 1.14 bits per heavy atom. The van der Waals surface area contributed by atoms with Crippen LogP contribution in [0.1, 0.15) is 83.7 Å². The van der Waals surface area contributed by atoms with Gasteiger partial charge in [-0.15, -0.1) is 0 Å². The maximum absolute atomic E-state index is 6.23. The first-order chi connectivity index (χ1) is 21.0. The van der Waals surface area contributed by atoms with Crippen molar-refractivity contribution < 1.29 is 28.4 Å². The van der Waals surface area contributed by atoms with E-state index in [1.165, 1.54) is 6.33 Å². The summed E-state index contributed by atoms with van der Waals surface area (Å²) in [6, 6.07) is 7.95. The Labute approximate surface area is 255 Å². The van der Waals surface area contributed by atoms with Crippen molar-refractivity contribution in [2.45, 2.75) is 122 Å². The van der Waals surface area contributed by atoms with Crippen LogP contribution in [0.3, 0.4) is 0 Å². The number of fused-ring (bicyclic) bond motifs is 4. The third kappa shape index (κ3) is 4.86. The minimum Gasteiger partial charge on any atom is -0.382 e. The molecule has 4 aromatic rings. The standard InChI is InChI=1S/C16H21N3O3.C15H20N4O3/c1-5-12-14-15(22-16(3,4)21-14)13(20-12)11-7-6-10-9(2)17-8-18-19(10)11;1-4-10-12-13(22-15(2,3)21-12)11(20-10)8-5-6-9-14(16)17-7-18-19(8)9/h6-8,12-15H,5H2,1-4H3;5-7,10-13H,4H2,1-3H3,(H2,16,17,18)/t12-,13+,14-,15+;10-,11+,12-,13+/m11/s1. The Kier molecular flexibility index (Phi) is 7.18. The largest absolute Gasteiger partial charge is 0.382 e. The molecule has 236 valence electrons.